The Kier molecular flexibility index (Phi) is 11.4. The lowest BCUT2D eigenvalue weighted by atomic mass is 10.0. The minimum atomic E-state index is -2.90. The number of nitrogens with one attached hydrogen (secondary N) is 2. The average molecular weight is 538 g/mol. The molecule has 9 nitrogen and oxygen atoms in total. The molecule has 0 aliphatic carbocycles. The normalized spacial score (nSPS) is 10.6. The first-order valence-electron chi connectivity index (χ1n) is 11.4. The van der Waals surface area contributed by atoms with E-state index in [0.717, 1.165) is 5.56 Å². The van der Waals surface area contributed by atoms with Crippen molar-refractivity contribution in [1.29, 1.82) is 0 Å². The molecule has 12 heteroatoms. The van der Waals surface area contributed by atoms with E-state index in [0.29, 0.717) is 55.2 Å². The molecule has 4 N–H and O–H groups in total. The first kappa shape index (κ1) is 29.7. The first-order chi connectivity index (χ1) is 17.3. The number of carbonyl (C=O) groups is 2. The second kappa shape index (κ2) is 14.3. The molecule has 0 saturated carbocycles. The number of alkyl halides is 2. The van der Waals surface area contributed by atoms with Crippen LogP contribution in [0.2, 0.25) is 0 Å². The zero-order valence-electron chi connectivity index (χ0n) is 20.5. The van der Waals surface area contributed by atoms with Crippen molar-refractivity contribution in [3.63, 3.8) is 0 Å². The number of nitrogens with two attached hydrogens (primary N) is 1. The Morgan fingerprint density at radius 3 is 2.49 bits per heavy atom. The van der Waals surface area contributed by atoms with E-state index in [2.05, 4.69) is 20.4 Å². The Hall–Kier alpha value is -3.54. The molecule has 0 unspecified atom stereocenters. The van der Waals surface area contributed by atoms with E-state index in [1.807, 2.05) is 6.92 Å². The van der Waals surface area contributed by atoms with E-state index < -0.39 is 12.5 Å². The van der Waals surface area contributed by atoms with Crippen LogP contribution in [-0.2, 0) is 18.2 Å². The number of amides is 2. The lowest BCUT2D eigenvalue weighted by Crippen LogP contribution is -2.28. The number of benzene rings is 2. The van der Waals surface area contributed by atoms with Crippen LogP contribution < -0.4 is 21.1 Å². The summed E-state index contributed by atoms with van der Waals surface area (Å²) in [6.07, 6.45) is 2.12. The van der Waals surface area contributed by atoms with Crippen LogP contribution >= 0.6 is 12.4 Å². The molecule has 37 heavy (non-hydrogen) atoms. The summed E-state index contributed by atoms with van der Waals surface area (Å²) in [6, 6.07) is 11.1. The topological polar surface area (TPSA) is 120 Å². The summed E-state index contributed by atoms with van der Waals surface area (Å²) in [5, 5.41) is 5.62. The minimum absolute atomic E-state index is 0. The smallest absolute Gasteiger partial charge is 0.387 e. The molecule has 3 aromatic rings. The van der Waals surface area contributed by atoms with E-state index in [9.17, 15) is 18.4 Å². The zero-order chi connectivity index (χ0) is 26.1. The van der Waals surface area contributed by atoms with Gasteiger partial charge >= 0.3 is 6.61 Å². The second-order valence-electron chi connectivity index (χ2n) is 7.77. The van der Waals surface area contributed by atoms with E-state index in [-0.39, 0.29) is 29.9 Å². The summed E-state index contributed by atoms with van der Waals surface area (Å²) in [5.74, 6) is -0.453. The third-order valence-corrected chi connectivity index (χ3v) is 5.35. The van der Waals surface area contributed by atoms with Crippen molar-refractivity contribution in [3.8, 4) is 17.0 Å². The van der Waals surface area contributed by atoms with E-state index in [1.165, 1.54) is 18.3 Å². The van der Waals surface area contributed by atoms with Gasteiger partial charge in [-0.3, -0.25) is 9.59 Å². The summed E-state index contributed by atoms with van der Waals surface area (Å²) < 4.78 is 36.0. The van der Waals surface area contributed by atoms with Crippen LogP contribution in [0.5, 0.6) is 5.75 Å². The number of carbonyl (C=O) groups excluding carboxylic acids is 2. The van der Waals surface area contributed by atoms with E-state index in [1.54, 1.807) is 41.9 Å². The highest BCUT2D eigenvalue weighted by molar-refractivity contribution is 6.03. The standard InChI is InChI=1S/C25H29F2N5O4.ClH/c1-3-16-14-18(6-9-20(16)23(33)29-11-13-35-12-10-28)31-24(34)22-30-15-21(32(22)2)17-4-7-19(8-5-17)36-25(26)27;/h4-9,14-15,25H,3,10-13,28H2,1-2H3,(H,29,33)(H,31,34);1H. The number of halogens is 3. The summed E-state index contributed by atoms with van der Waals surface area (Å²) >= 11 is 0. The maximum atomic E-state index is 12.9. The third-order valence-electron chi connectivity index (χ3n) is 5.35. The predicted octanol–water partition coefficient (Wildman–Crippen LogP) is 3.63. The van der Waals surface area contributed by atoms with Crippen LogP contribution in [0, 0.1) is 0 Å². The highest BCUT2D eigenvalue weighted by Crippen LogP contribution is 2.24. The number of ether oxygens (including phenoxy) is 2. The molecule has 3 rings (SSSR count). The monoisotopic (exact) mass is 537 g/mol. The molecule has 2 amide bonds. The Labute approximate surface area is 219 Å². The van der Waals surface area contributed by atoms with Crippen molar-refractivity contribution in [1.82, 2.24) is 14.9 Å². The highest BCUT2D eigenvalue weighted by atomic mass is 35.5. The van der Waals surface area contributed by atoms with Gasteiger partial charge in [-0.2, -0.15) is 8.78 Å². The zero-order valence-corrected chi connectivity index (χ0v) is 21.3. The maximum Gasteiger partial charge on any atom is 0.387 e. The number of anilines is 1. The number of imidazole rings is 1. The van der Waals surface area contributed by atoms with Gasteiger partial charge in [0.1, 0.15) is 5.75 Å². The molecule has 1 heterocycles. The molecular weight excluding hydrogens is 508 g/mol. The molecular formula is C25H30ClF2N5O4. The second-order valence-corrected chi connectivity index (χ2v) is 7.77. The maximum absolute atomic E-state index is 12.9. The van der Waals surface area contributed by atoms with Crippen LogP contribution in [0.15, 0.2) is 48.7 Å². The fourth-order valence-corrected chi connectivity index (χ4v) is 3.59. The van der Waals surface area contributed by atoms with Gasteiger partial charge in [0.2, 0.25) is 0 Å². The molecule has 0 radical (unpaired) electrons. The van der Waals surface area contributed by atoms with Gasteiger partial charge in [0.05, 0.1) is 25.1 Å². The highest BCUT2D eigenvalue weighted by Gasteiger charge is 2.17. The summed E-state index contributed by atoms with van der Waals surface area (Å²) in [5.41, 5.74) is 8.50. The lowest BCUT2D eigenvalue weighted by Gasteiger charge is -2.12. The average Bonchev–Trinajstić information content (AvgIpc) is 3.25. The Morgan fingerprint density at radius 1 is 1.11 bits per heavy atom. The molecule has 0 saturated heterocycles. The van der Waals surface area contributed by atoms with Gasteiger partial charge in [-0.05, 0) is 54.4 Å². The van der Waals surface area contributed by atoms with Crippen LogP contribution in [-0.4, -0.2) is 54.3 Å². The van der Waals surface area contributed by atoms with Gasteiger partial charge < -0.3 is 30.4 Å². The Morgan fingerprint density at radius 2 is 1.84 bits per heavy atom. The van der Waals surface area contributed by atoms with E-state index in [4.69, 9.17) is 10.5 Å². The molecule has 0 spiro atoms. The lowest BCUT2D eigenvalue weighted by molar-refractivity contribution is -0.0498. The number of nitrogens with zero attached hydrogens (tertiary/aromatic N) is 2. The molecule has 200 valence electrons. The Balaban J connectivity index is 0.00000481. The molecule has 0 aliphatic heterocycles. The quantitative estimate of drug-likeness (QED) is 0.303. The van der Waals surface area contributed by atoms with Gasteiger partial charge in [0, 0.05) is 37.0 Å². The molecule has 0 bridgehead atoms. The number of aryl methyl sites for hydroxylation is 1. The van der Waals surface area contributed by atoms with Crippen molar-refractivity contribution in [2.45, 2.75) is 20.0 Å². The van der Waals surface area contributed by atoms with Gasteiger partial charge in [-0.25, -0.2) is 4.98 Å². The molecule has 0 aliphatic rings. The van der Waals surface area contributed by atoms with Gasteiger partial charge in [-0.15, -0.1) is 12.4 Å². The van der Waals surface area contributed by atoms with Gasteiger partial charge in [0.25, 0.3) is 11.8 Å². The first-order valence-corrected chi connectivity index (χ1v) is 11.4. The van der Waals surface area contributed by atoms with Crippen LogP contribution in [0.1, 0.15) is 33.5 Å². The number of rotatable bonds is 12. The van der Waals surface area contributed by atoms with Gasteiger partial charge in [0.15, 0.2) is 5.82 Å². The van der Waals surface area contributed by atoms with Gasteiger partial charge in [-0.1, -0.05) is 6.92 Å². The summed E-state index contributed by atoms with van der Waals surface area (Å²) in [6.45, 7) is 0.615. The number of hydrogen-bond donors (Lipinski definition) is 3. The molecule has 0 atom stereocenters. The van der Waals surface area contributed by atoms with Crippen LogP contribution in [0.4, 0.5) is 14.5 Å². The molecule has 1 aromatic heterocycles. The fraction of sp³-hybridized carbons (Fsp3) is 0.320. The largest absolute Gasteiger partial charge is 0.435 e. The van der Waals surface area contributed by atoms with Crippen molar-refractivity contribution >= 4 is 29.9 Å². The van der Waals surface area contributed by atoms with Crippen molar-refractivity contribution in [2.75, 3.05) is 31.6 Å². The Bertz CT molecular complexity index is 1190. The number of aromatic nitrogens is 2. The summed E-state index contributed by atoms with van der Waals surface area (Å²) in [7, 11) is 1.68. The van der Waals surface area contributed by atoms with Crippen molar-refractivity contribution in [2.24, 2.45) is 12.8 Å². The fourth-order valence-electron chi connectivity index (χ4n) is 3.59. The minimum Gasteiger partial charge on any atom is -0.435 e. The van der Waals surface area contributed by atoms with Crippen LogP contribution in [0.3, 0.4) is 0 Å². The van der Waals surface area contributed by atoms with Crippen molar-refractivity contribution in [3.05, 3.63) is 65.6 Å². The predicted molar refractivity (Wildman–Crippen MR) is 139 cm³/mol. The number of hydrogen-bond acceptors (Lipinski definition) is 6. The molecule has 2 aromatic carbocycles. The summed E-state index contributed by atoms with van der Waals surface area (Å²) in [4.78, 5) is 29.7. The third kappa shape index (κ3) is 7.97. The van der Waals surface area contributed by atoms with Crippen molar-refractivity contribution < 1.29 is 27.8 Å². The SMILES string of the molecule is CCc1cc(NC(=O)c2ncc(-c3ccc(OC(F)F)cc3)n2C)ccc1C(=O)NCCOCCN.Cl. The van der Waals surface area contributed by atoms with Crippen LogP contribution in [0.25, 0.3) is 11.3 Å². The van der Waals surface area contributed by atoms with E-state index >= 15 is 0 Å². The molecule has 0 fully saturated rings.